The lowest BCUT2D eigenvalue weighted by Gasteiger charge is -2.28. The number of fused-ring (bicyclic) bond motifs is 1. The molecule has 0 aromatic heterocycles. The summed E-state index contributed by atoms with van der Waals surface area (Å²) in [4.78, 5) is 48.2. The van der Waals surface area contributed by atoms with Crippen LogP contribution < -0.4 is 5.73 Å². The van der Waals surface area contributed by atoms with Crippen LogP contribution in [0.15, 0.2) is 49.6 Å². The fourth-order valence-electron chi connectivity index (χ4n) is 3.22. The number of carbonyl (C=O) groups is 4. The van der Waals surface area contributed by atoms with Crippen molar-refractivity contribution in [3.05, 3.63) is 60.7 Å². The molecule has 1 aromatic carbocycles. The van der Waals surface area contributed by atoms with E-state index < -0.39 is 35.8 Å². The maximum absolute atomic E-state index is 12.4. The average Bonchev–Trinajstić information content (AvgIpc) is 2.99. The molecular formula is C23H30N2O6. The minimum Gasteiger partial charge on any atom is -0.480 e. The summed E-state index contributed by atoms with van der Waals surface area (Å²) in [6.07, 6.45) is 4.47. The van der Waals surface area contributed by atoms with Gasteiger partial charge in [-0.25, -0.2) is 4.79 Å². The highest BCUT2D eigenvalue weighted by Gasteiger charge is 2.45. The number of ether oxygens (including phenoxy) is 1. The molecule has 0 spiro atoms. The van der Waals surface area contributed by atoms with Gasteiger partial charge in [0.25, 0.3) is 11.8 Å². The van der Waals surface area contributed by atoms with Crippen LogP contribution in [0.3, 0.4) is 0 Å². The molecule has 31 heavy (non-hydrogen) atoms. The van der Waals surface area contributed by atoms with E-state index in [1.54, 1.807) is 50.3 Å². The maximum atomic E-state index is 12.4. The predicted octanol–water partition coefficient (Wildman–Crippen LogP) is 2.65. The fourth-order valence-corrected chi connectivity index (χ4v) is 3.22. The van der Waals surface area contributed by atoms with Gasteiger partial charge in [0, 0.05) is 0 Å². The topological polar surface area (TPSA) is 127 Å². The van der Waals surface area contributed by atoms with Gasteiger partial charge in [0.1, 0.15) is 12.1 Å². The van der Waals surface area contributed by atoms with Crippen molar-refractivity contribution in [2.45, 2.75) is 38.8 Å². The number of carboxylic acid groups (broad SMARTS) is 1. The van der Waals surface area contributed by atoms with Crippen molar-refractivity contribution in [2.75, 3.05) is 7.11 Å². The lowest BCUT2D eigenvalue weighted by Crippen LogP contribution is -2.49. The molecule has 1 aliphatic rings. The lowest BCUT2D eigenvalue weighted by molar-refractivity contribution is -0.147. The summed E-state index contributed by atoms with van der Waals surface area (Å²) in [6.45, 7) is 10.7. The Morgan fingerprint density at radius 1 is 1.06 bits per heavy atom. The quantitative estimate of drug-likeness (QED) is 0.350. The maximum Gasteiger partial charge on any atom is 0.329 e. The Labute approximate surface area is 182 Å². The number of imide groups is 1. The Kier molecular flexibility index (Phi) is 9.82. The number of nitrogens with zero attached hydrogens (tertiary/aromatic N) is 1. The molecule has 0 unspecified atom stereocenters. The van der Waals surface area contributed by atoms with Crippen molar-refractivity contribution in [3.63, 3.8) is 0 Å². The van der Waals surface area contributed by atoms with Crippen LogP contribution in [-0.2, 0) is 14.3 Å². The number of hydrogen-bond donors (Lipinski definition) is 2. The minimum atomic E-state index is -0.950. The molecule has 0 saturated heterocycles. The Balaban J connectivity index is 0.000000407. The first-order valence-electron chi connectivity index (χ1n) is 9.87. The van der Waals surface area contributed by atoms with Gasteiger partial charge in [0.15, 0.2) is 0 Å². The second-order valence-corrected chi connectivity index (χ2v) is 7.36. The van der Waals surface area contributed by atoms with Crippen molar-refractivity contribution in [1.29, 1.82) is 0 Å². The summed E-state index contributed by atoms with van der Waals surface area (Å²) in [5.41, 5.74) is 5.94. The van der Waals surface area contributed by atoms with Gasteiger partial charge in [-0.3, -0.25) is 19.3 Å². The van der Waals surface area contributed by atoms with E-state index in [1.807, 2.05) is 0 Å². The third kappa shape index (κ3) is 6.11. The van der Waals surface area contributed by atoms with Gasteiger partial charge in [-0.2, -0.15) is 0 Å². The van der Waals surface area contributed by atoms with E-state index in [0.29, 0.717) is 24.0 Å². The van der Waals surface area contributed by atoms with E-state index in [0.717, 1.165) is 4.90 Å². The highest BCUT2D eigenvalue weighted by molar-refractivity contribution is 6.22. The summed E-state index contributed by atoms with van der Waals surface area (Å²) in [6, 6.07) is 4.84. The third-order valence-corrected chi connectivity index (χ3v) is 5.06. The Morgan fingerprint density at radius 2 is 1.52 bits per heavy atom. The van der Waals surface area contributed by atoms with E-state index in [-0.39, 0.29) is 11.8 Å². The van der Waals surface area contributed by atoms with Crippen molar-refractivity contribution in [3.8, 4) is 0 Å². The van der Waals surface area contributed by atoms with E-state index in [4.69, 9.17) is 15.6 Å². The summed E-state index contributed by atoms with van der Waals surface area (Å²) >= 11 is 0. The number of benzene rings is 1. The average molecular weight is 431 g/mol. The van der Waals surface area contributed by atoms with Gasteiger partial charge in [-0.15, -0.1) is 13.2 Å². The number of allylic oxidation sites excluding steroid dienone is 2. The first-order chi connectivity index (χ1) is 14.6. The van der Waals surface area contributed by atoms with E-state index >= 15 is 0 Å². The van der Waals surface area contributed by atoms with Crippen molar-refractivity contribution in [1.82, 2.24) is 4.90 Å². The molecule has 2 amide bonds. The highest BCUT2D eigenvalue weighted by atomic mass is 16.5. The van der Waals surface area contributed by atoms with Gasteiger partial charge in [0.2, 0.25) is 0 Å². The van der Waals surface area contributed by atoms with Crippen LogP contribution in [0, 0.1) is 11.8 Å². The number of nitrogens with two attached hydrogens (primary N) is 1. The SMILES string of the molecule is C=CC[C@@H](C)[C@@H](C(=O)OC)N1C(=O)c2ccccc2C1=O.C=CC[C@@H](C)[C@H](N)C(=O)O. The molecule has 8 heteroatoms. The zero-order valence-corrected chi connectivity index (χ0v) is 18.1. The molecule has 168 valence electrons. The minimum absolute atomic E-state index is 0.0324. The van der Waals surface area contributed by atoms with Gasteiger partial charge < -0.3 is 15.6 Å². The number of methoxy groups -OCH3 is 1. The molecule has 2 rings (SSSR count). The molecule has 1 aromatic rings. The molecule has 0 radical (unpaired) electrons. The number of hydrogen-bond acceptors (Lipinski definition) is 6. The first-order valence-corrected chi connectivity index (χ1v) is 9.87. The number of aliphatic carboxylic acids is 1. The Hall–Kier alpha value is -3.26. The zero-order valence-electron chi connectivity index (χ0n) is 18.1. The van der Waals surface area contributed by atoms with Crippen LogP contribution in [0.5, 0.6) is 0 Å². The van der Waals surface area contributed by atoms with Gasteiger partial charge in [-0.05, 0) is 36.8 Å². The van der Waals surface area contributed by atoms with Crippen molar-refractivity contribution in [2.24, 2.45) is 17.6 Å². The van der Waals surface area contributed by atoms with Crippen LogP contribution in [0.2, 0.25) is 0 Å². The van der Waals surface area contributed by atoms with Gasteiger partial charge in [0.05, 0.1) is 18.2 Å². The second-order valence-electron chi connectivity index (χ2n) is 7.36. The molecule has 0 bridgehead atoms. The van der Waals surface area contributed by atoms with E-state index in [1.165, 1.54) is 7.11 Å². The number of rotatable bonds is 9. The predicted molar refractivity (Wildman–Crippen MR) is 116 cm³/mol. The van der Waals surface area contributed by atoms with Crippen LogP contribution in [0.4, 0.5) is 0 Å². The molecule has 0 saturated carbocycles. The molecule has 1 heterocycles. The van der Waals surface area contributed by atoms with Crippen LogP contribution in [0.1, 0.15) is 47.4 Å². The van der Waals surface area contributed by atoms with Crippen molar-refractivity contribution >= 4 is 23.8 Å². The summed E-state index contributed by atoms with van der Waals surface area (Å²) in [5.74, 6) is -2.76. The largest absolute Gasteiger partial charge is 0.480 e. The molecular weight excluding hydrogens is 400 g/mol. The molecule has 0 aliphatic carbocycles. The van der Waals surface area contributed by atoms with Gasteiger partial charge in [-0.1, -0.05) is 38.1 Å². The smallest absolute Gasteiger partial charge is 0.329 e. The number of carboxylic acids is 1. The van der Waals surface area contributed by atoms with Crippen LogP contribution in [0.25, 0.3) is 0 Å². The first kappa shape index (κ1) is 25.8. The molecule has 8 nitrogen and oxygen atoms in total. The van der Waals surface area contributed by atoms with Crippen molar-refractivity contribution < 1.29 is 29.0 Å². The summed E-state index contributed by atoms with van der Waals surface area (Å²) in [5, 5.41) is 8.42. The van der Waals surface area contributed by atoms with E-state index in [2.05, 4.69) is 13.2 Å². The second kappa shape index (κ2) is 11.8. The molecule has 3 N–H and O–H groups in total. The lowest BCUT2D eigenvalue weighted by atomic mass is 9.96. The summed E-state index contributed by atoms with van der Waals surface area (Å²) in [7, 11) is 1.24. The fraction of sp³-hybridized carbons (Fsp3) is 0.391. The highest BCUT2D eigenvalue weighted by Crippen LogP contribution is 2.28. The number of esters is 1. The molecule has 0 fully saturated rings. The monoisotopic (exact) mass is 430 g/mol. The summed E-state index contributed by atoms with van der Waals surface area (Å²) < 4.78 is 4.77. The normalized spacial score (nSPS) is 16.2. The standard InChI is InChI=1S/C16H17NO4.C7H13NO2/c1-4-7-10(2)13(16(20)21-3)17-14(18)11-8-5-6-9-12(11)15(17)19;1-3-4-5(2)6(8)7(9)10/h4-6,8-10,13H,1,7H2,2-3H3;3,5-6H,1,4,8H2,2H3,(H,9,10)/t10-,13+;5-,6+/m11/s1. The van der Waals surface area contributed by atoms with Gasteiger partial charge >= 0.3 is 11.9 Å². The molecule has 1 aliphatic heterocycles. The van der Waals surface area contributed by atoms with Crippen LogP contribution >= 0.6 is 0 Å². The Morgan fingerprint density at radius 3 is 1.90 bits per heavy atom. The Bertz CT molecular complexity index is 815. The van der Waals surface area contributed by atoms with Crippen LogP contribution in [-0.4, -0.2) is 53.0 Å². The number of carbonyl (C=O) groups excluding carboxylic acids is 3. The van der Waals surface area contributed by atoms with E-state index in [9.17, 15) is 19.2 Å². The zero-order chi connectivity index (χ0) is 23.7. The third-order valence-electron chi connectivity index (χ3n) is 5.06. The molecule has 4 atom stereocenters. The number of amides is 2.